The van der Waals surface area contributed by atoms with Crippen LogP contribution in [0, 0.1) is 13.8 Å². The summed E-state index contributed by atoms with van der Waals surface area (Å²) in [5.74, 6) is 0.215. The molecule has 1 aromatic rings. The van der Waals surface area contributed by atoms with Crippen molar-refractivity contribution in [3.63, 3.8) is 0 Å². The monoisotopic (exact) mass is 264 g/mol. The van der Waals surface area contributed by atoms with Gasteiger partial charge in [0.25, 0.3) is 0 Å². The molecule has 0 spiro atoms. The maximum Gasteiger partial charge on any atom is 0.175 e. The second-order valence-electron chi connectivity index (χ2n) is 5.17. The molecule has 0 aliphatic heterocycles. The molecule has 18 heavy (non-hydrogen) atoms. The molecule has 2 rings (SSSR count). The lowest BCUT2D eigenvalue weighted by molar-refractivity contribution is 0.102. The quantitative estimate of drug-likeness (QED) is 0.783. The molecule has 3 heteroatoms. The molecular weight excluding hydrogens is 244 g/mol. The van der Waals surface area contributed by atoms with Gasteiger partial charge in [0, 0.05) is 21.6 Å². The first-order chi connectivity index (χ1) is 8.58. The number of hydrogen-bond acceptors (Lipinski definition) is 2. The highest BCUT2D eigenvalue weighted by Gasteiger charge is 2.23. The van der Waals surface area contributed by atoms with Gasteiger partial charge in [0.1, 0.15) is 0 Å². The van der Waals surface area contributed by atoms with Crippen LogP contribution in [0.25, 0.3) is 0 Å². The van der Waals surface area contributed by atoms with Gasteiger partial charge in [-0.25, -0.2) is 0 Å². The molecule has 1 saturated carbocycles. The Hall–Kier alpha value is -0.960. The summed E-state index contributed by atoms with van der Waals surface area (Å²) in [6.45, 7) is 3.96. The topological polar surface area (TPSA) is 34.1 Å². The van der Waals surface area contributed by atoms with E-state index in [-0.39, 0.29) is 16.8 Å². The Morgan fingerprint density at radius 3 is 2.56 bits per heavy atom. The fraction of sp³-hybridized carbons (Fsp3) is 0.533. The van der Waals surface area contributed by atoms with Crippen molar-refractivity contribution >= 4 is 16.6 Å². The van der Waals surface area contributed by atoms with Crippen molar-refractivity contribution in [2.24, 2.45) is 0 Å². The molecule has 1 aliphatic carbocycles. The summed E-state index contributed by atoms with van der Waals surface area (Å²) in [7, 11) is -0.989. The number of rotatable bonds is 4. The summed E-state index contributed by atoms with van der Waals surface area (Å²) in [6, 6.07) is 5.81. The van der Waals surface area contributed by atoms with Crippen LogP contribution in [0.15, 0.2) is 18.2 Å². The van der Waals surface area contributed by atoms with Crippen LogP contribution in [0.2, 0.25) is 0 Å². The van der Waals surface area contributed by atoms with E-state index in [1.54, 1.807) is 0 Å². The minimum atomic E-state index is -0.989. The van der Waals surface area contributed by atoms with Gasteiger partial charge in [-0.1, -0.05) is 36.6 Å². The minimum absolute atomic E-state index is 0.0257. The average molecular weight is 264 g/mol. The summed E-state index contributed by atoms with van der Waals surface area (Å²) in [5, 5.41) is 0.250. The standard InChI is InChI=1S/C15H20O2S/c1-11-7-8-14(12(2)9-11)15(16)10-18(17)13-5-3-4-6-13/h7-9,13H,3-6,10H2,1-2H3. The second-order valence-corrected chi connectivity index (χ2v) is 6.89. The lowest BCUT2D eigenvalue weighted by Crippen LogP contribution is -2.20. The zero-order valence-corrected chi connectivity index (χ0v) is 11.9. The Morgan fingerprint density at radius 1 is 1.28 bits per heavy atom. The van der Waals surface area contributed by atoms with Gasteiger partial charge in [0.15, 0.2) is 5.78 Å². The van der Waals surface area contributed by atoms with E-state index < -0.39 is 10.8 Å². The predicted molar refractivity (Wildman–Crippen MR) is 75.5 cm³/mol. The van der Waals surface area contributed by atoms with E-state index in [1.807, 2.05) is 32.0 Å². The van der Waals surface area contributed by atoms with Gasteiger partial charge >= 0.3 is 0 Å². The molecule has 1 aromatic carbocycles. The van der Waals surface area contributed by atoms with E-state index in [2.05, 4.69) is 0 Å². The third-order valence-electron chi connectivity index (χ3n) is 3.63. The first-order valence-corrected chi connectivity index (χ1v) is 7.94. The van der Waals surface area contributed by atoms with Crippen molar-refractivity contribution in [1.29, 1.82) is 0 Å². The molecule has 0 heterocycles. The Morgan fingerprint density at radius 2 is 1.94 bits per heavy atom. The second kappa shape index (κ2) is 5.79. The highest BCUT2D eigenvalue weighted by atomic mass is 32.2. The van der Waals surface area contributed by atoms with Crippen molar-refractivity contribution in [1.82, 2.24) is 0 Å². The zero-order valence-electron chi connectivity index (χ0n) is 11.1. The molecule has 98 valence electrons. The Bertz CT molecular complexity index is 473. The van der Waals surface area contributed by atoms with Gasteiger partial charge < -0.3 is 0 Å². The molecular formula is C15H20O2S. The van der Waals surface area contributed by atoms with Gasteiger partial charge in [-0.2, -0.15) is 0 Å². The van der Waals surface area contributed by atoms with Gasteiger partial charge in [-0.05, 0) is 32.3 Å². The van der Waals surface area contributed by atoms with E-state index in [0.717, 1.165) is 42.4 Å². The molecule has 0 radical (unpaired) electrons. The van der Waals surface area contributed by atoms with E-state index in [1.165, 1.54) is 0 Å². The fourth-order valence-electron chi connectivity index (χ4n) is 2.60. The van der Waals surface area contributed by atoms with Crippen LogP contribution in [0.3, 0.4) is 0 Å². The summed E-state index contributed by atoms with van der Waals surface area (Å²) in [6.07, 6.45) is 4.36. The first-order valence-electron chi connectivity index (χ1n) is 6.55. The van der Waals surface area contributed by atoms with E-state index in [9.17, 15) is 9.00 Å². The van der Waals surface area contributed by atoms with Crippen LogP contribution in [-0.4, -0.2) is 21.0 Å². The van der Waals surface area contributed by atoms with E-state index in [0.29, 0.717) is 0 Å². The number of aryl methyl sites for hydroxylation is 2. The van der Waals surface area contributed by atoms with Crippen molar-refractivity contribution < 1.29 is 9.00 Å². The normalized spacial score (nSPS) is 17.9. The smallest absolute Gasteiger partial charge is 0.175 e. The lowest BCUT2D eigenvalue weighted by Gasteiger charge is -2.10. The molecule has 0 aromatic heterocycles. The van der Waals surface area contributed by atoms with E-state index in [4.69, 9.17) is 0 Å². The SMILES string of the molecule is Cc1ccc(C(=O)CS(=O)C2CCCC2)c(C)c1. The molecule has 2 nitrogen and oxygen atoms in total. The van der Waals surface area contributed by atoms with Gasteiger partial charge in [0.05, 0.1) is 5.75 Å². The minimum Gasteiger partial charge on any atom is -0.293 e. The van der Waals surface area contributed by atoms with E-state index >= 15 is 0 Å². The van der Waals surface area contributed by atoms with Gasteiger partial charge in [-0.15, -0.1) is 0 Å². The average Bonchev–Trinajstić information content (AvgIpc) is 2.81. The Kier molecular flexibility index (Phi) is 4.33. The van der Waals surface area contributed by atoms with Crippen LogP contribution < -0.4 is 0 Å². The number of Topliss-reactive ketones (excluding diaryl/α,β-unsaturated/α-hetero) is 1. The highest BCUT2D eigenvalue weighted by Crippen LogP contribution is 2.23. The molecule has 0 amide bonds. The molecule has 0 N–H and O–H groups in total. The molecule has 1 unspecified atom stereocenters. The zero-order chi connectivity index (χ0) is 13.1. The molecule has 1 aliphatic rings. The summed E-state index contributed by atoms with van der Waals surface area (Å²) < 4.78 is 12.1. The molecule has 1 fully saturated rings. The van der Waals surface area contributed by atoms with Crippen molar-refractivity contribution in [2.75, 3.05) is 5.75 Å². The summed E-state index contributed by atoms with van der Waals surface area (Å²) in [4.78, 5) is 12.2. The third-order valence-corrected chi connectivity index (χ3v) is 5.39. The van der Waals surface area contributed by atoms with Crippen LogP contribution in [0.5, 0.6) is 0 Å². The van der Waals surface area contributed by atoms with Crippen molar-refractivity contribution in [2.45, 2.75) is 44.8 Å². The van der Waals surface area contributed by atoms with Gasteiger partial charge in [-0.3, -0.25) is 9.00 Å². The number of benzene rings is 1. The largest absolute Gasteiger partial charge is 0.293 e. The summed E-state index contributed by atoms with van der Waals surface area (Å²) in [5.41, 5.74) is 2.87. The number of hydrogen-bond donors (Lipinski definition) is 0. The third kappa shape index (κ3) is 3.08. The maximum atomic E-state index is 12.2. The Labute approximate surface area is 111 Å². The number of ketones is 1. The number of carbonyl (C=O) groups excluding carboxylic acids is 1. The van der Waals surface area contributed by atoms with Crippen LogP contribution in [-0.2, 0) is 10.8 Å². The van der Waals surface area contributed by atoms with Crippen LogP contribution in [0.1, 0.15) is 47.2 Å². The van der Waals surface area contributed by atoms with Crippen molar-refractivity contribution in [3.8, 4) is 0 Å². The van der Waals surface area contributed by atoms with Crippen molar-refractivity contribution in [3.05, 3.63) is 34.9 Å². The van der Waals surface area contributed by atoms with Gasteiger partial charge in [0.2, 0.25) is 0 Å². The highest BCUT2D eigenvalue weighted by molar-refractivity contribution is 7.86. The predicted octanol–water partition coefficient (Wildman–Crippen LogP) is 3.18. The number of carbonyl (C=O) groups is 1. The fourth-order valence-corrected chi connectivity index (χ4v) is 4.11. The molecule has 1 atom stereocenters. The van der Waals surface area contributed by atoms with Crippen LogP contribution >= 0.6 is 0 Å². The lowest BCUT2D eigenvalue weighted by atomic mass is 10.0. The Balaban J connectivity index is 2.05. The molecule has 0 bridgehead atoms. The van der Waals surface area contributed by atoms with Crippen LogP contribution in [0.4, 0.5) is 0 Å². The molecule has 0 saturated heterocycles. The maximum absolute atomic E-state index is 12.2. The summed E-state index contributed by atoms with van der Waals surface area (Å²) >= 11 is 0. The first kappa shape index (κ1) is 13.5.